The van der Waals surface area contributed by atoms with Crippen LogP contribution in [-0.4, -0.2) is 41.2 Å². The van der Waals surface area contributed by atoms with Crippen LogP contribution in [0.1, 0.15) is 16.8 Å². The van der Waals surface area contributed by atoms with E-state index >= 15 is 0 Å². The lowest BCUT2D eigenvalue weighted by molar-refractivity contribution is -0.145. The van der Waals surface area contributed by atoms with E-state index in [9.17, 15) is 14.4 Å². The van der Waals surface area contributed by atoms with Crippen molar-refractivity contribution in [1.29, 1.82) is 0 Å². The van der Waals surface area contributed by atoms with E-state index in [1.54, 1.807) is 12.1 Å². The normalized spacial score (nSPS) is 11.4. The van der Waals surface area contributed by atoms with E-state index in [0.29, 0.717) is 5.75 Å². The zero-order valence-corrected chi connectivity index (χ0v) is 10.1. The molecule has 0 bridgehead atoms. The second-order valence-electron chi connectivity index (χ2n) is 3.69. The summed E-state index contributed by atoms with van der Waals surface area (Å²) >= 11 is 0. The molecule has 0 spiro atoms. The van der Waals surface area contributed by atoms with Crippen molar-refractivity contribution in [3.63, 3.8) is 0 Å². The number of carboxylic acids is 2. The van der Waals surface area contributed by atoms with Crippen molar-refractivity contribution < 1.29 is 29.3 Å². The molecule has 0 aromatic heterocycles. The molecule has 0 fully saturated rings. The fourth-order valence-electron chi connectivity index (χ4n) is 1.36. The highest BCUT2D eigenvalue weighted by molar-refractivity contribution is 5.97. The summed E-state index contributed by atoms with van der Waals surface area (Å²) in [6.07, 6.45) is -0.683. The number of aliphatic carboxylic acids is 2. The van der Waals surface area contributed by atoms with Crippen LogP contribution in [0.15, 0.2) is 24.3 Å². The Kier molecular flexibility index (Phi) is 4.87. The lowest BCUT2D eigenvalue weighted by Gasteiger charge is -2.12. The minimum Gasteiger partial charge on any atom is -0.497 e. The van der Waals surface area contributed by atoms with Gasteiger partial charge in [-0.25, -0.2) is 4.79 Å². The van der Waals surface area contributed by atoms with Crippen LogP contribution < -0.4 is 10.1 Å². The number of ether oxygens (including phenoxy) is 1. The van der Waals surface area contributed by atoms with E-state index in [1.165, 1.54) is 19.2 Å². The minimum absolute atomic E-state index is 0.220. The number of hydrogen-bond donors (Lipinski definition) is 3. The van der Waals surface area contributed by atoms with Gasteiger partial charge in [-0.3, -0.25) is 9.59 Å². The second-order valence-corrected chi connectivity index (χ2v) is 3.69. The summed E-state index contributed by atoms with van der Waals surface area (Å²) in [5.74, 6) is -2.81. The number of methoxy groups -OCH3 is 1. The van der Waals surface area contributed by atoms with Gasteiger partial charge in [-0.2, -0.15) is 0 Å². The largest absolute Gasteiger partial charge is 0.497 e. The molecule has 1 atom stereocenters. The third kappa shape index (κ3) is 4.30. The number of carboxylic acid groups (broad SMARTS) is 2. The summed E-state index contributed by atoms with van der Waals surface area (Å²) in [7, 11) is 1.47. The molecule has 0 aliphatic heterocycles. The first-order valence-electron chi connectivity index (χ1n) is 5.33. The Labute approximate surface area is 108 Å². The van der Waals surface area contributed by atoms with Gasteiger partial charge in [0.25, 0.3) is 5.91 Å². The Morgan fingerprint density at radius 2 is 1.79 bits per heavy atom. The van der Waals surface area contributed by atoms with Crippen LogP contribution in [-0.2, 0) is 9.59 Å². The summed E-state index contributed by atoms with van der Waals surface area (Å²) in [5, 5.41) is 19.5. The maximum Gasteiger partial charge on any atom is 0.326 e. The minimum atomic E-state index is -1.47. The zero-order valence-electron chi connectivity index (χ0n) is 10.1. The fourth-order valence-corrected chi connectivity index (χ4v) is 1.36. The van der Waals surface area contributed by atoms with Crippen molar-refractivity contribution in [2.75, 3.05) is 7.11 Å². The average molecular weight is 267 g/mol. The highest BCUT2D eigenvalue weighted by atomic mass is 16.5. The average Bonchev–Trinajstić information content (AvgIpc) is 2.37. The Morgan fingerprint density at radius 3 is 2.21 bits per heavy atom. The number of carbonyl (C=O) groups excluding carboxylic acids is 1. The van der Waals surface area contributed by atoms with E-state index < -0.39 is 30.3 Å². The molecule has 1 amide bonds. The molecule has 0 heterocycles. The maximum absolute atomic E-state index is 11.7. The van der Waals surface area contributed by atoms with Gasteiger partial charge in [0.15, 0.2) is 0 Å². The molecule has 1 aromatic rings. The summed E-state index contributed by atoms with van der Waals surface area (Å²) in [4.78, 5) is 33.0. The Balaban J connectivity index is 2.75. The van der Waals surface area contributed by atoms with Crippen LogP contribution in [0.25, 0.3) is 0 Å². The van der Waals surface area contributed by atoms with Crippen LogP contribution in [0.4, 0.5) is 0 Å². The molecule has 1 aromatic carbocycles. The van der Waals surface area contributed by atoms with E-state index in [-0.39, 0.29) is 5.56 Å². The van der Waals surface area contributed by atoms with Crippen LogP contribution >= 0.6 is 0 Å². The van der Waals surface area contributed by atoms with E-state index in [1.807, 2.05) is 0 Å². The standard InChI is InChI=1S/C12H13NO6/c1-19-8-4-2-7(3-5-8)11(16)13-9(12(17)18)6-10(14)15/h2-5,9H,6H2,1H3,(H,13,16)(H,14,15)(H,17,18). The van der Waals surface area contributed by atoms with E-state index in [2.05, 4.69) is 5.32 Å². The predicted molar refractivity (Wildman–Crippen MR) is 64.1 cm³/mol. The van der Waals surface area contributed by atoms with Crippen LogP contribution in [0.2, 0.25) is 0 Å². The first kappa shape index (κ1) is 14.5. The lowest BCUT2D eigenvalue weighted by Crippen LogP contribution is -2.42. The van der Waals surface area contributed by atoms with Crippen molar-refractivity contribution in [2.45, 2.75) is 12.5 Å². The van der Waals surface area contributed by atoms with E-state index in [0.717, 1.165) is 0 Å². The quantitative estimate of drug-likeness (QED) is 0.685. The molecular formula is C12H13NO6. The zero-order chi connectivity index (χ0) is 14.4. The molecule has 0 aliphatic carbocycles. The lowest BCUT2D eigenvalue weighted by atomic mass is 10.1. The first-order chi connectivity index (χ1) is 8.93. The SMILES string of the molecule is COc1ccc(C(=O)NC(CC(=O)O)C(=O)O)cc1. The maximum atomic E-state index is 11.7. The molecule has 1 rings (SSSR count). The van der Waals surface area contributed by atoms with Crippen molar-refractivity contribution in [3.05, 3.63) is 29.8 Å². The van der Waals surface area contributed by atoms with Gasteiger partial charge in [0.1, 0.15) is 11.8 Å². The van der Waals surface area contributed by atoms with Crippen molar-refractivity contribution in [3.8, 4) is 5.75 Å². The monoisotopic (exact) mass is 267 g/mol. The molecule has 19 heavy (non-hydrogen) atoms. The summed E-state index contributed by atoms with van der Waals surface area (Å²) in [6.45, 7) is 0. The molecule has 1 unspecified atom stereocenters. The topological polar surface area (TPSA) is 113 Å². The summed E-state index contributed by atoms with van der Waals surface area (Å²) < 4.78 is 4.92. The van der Waals surface area contributed by atoms with Gasteiger partial charge in [0.2, 0.25) is 0 Å². The molecule has 7 heteroatoms. The van der Waals surface area contributed by atoms with Gasteiger partial charge >= 0.3 is 11.9 Å². The number of benzene rings is 1. The molecule has 0 saturated heterocycles. The van der Waals surface area contributed by atoms with Crippen LogP contribution in [0, 0.1) is 0 Å². The third-order valence-corrected chi connectivity index (χ3v) is 2.33. The number of amides is 1. The smallest absolute Gasteiger partial charge is 0.326 e. The summed E-state index contributed by atoms with van der Waals surface area (Å²) in [6, 6.07) is 4.53. The van der Waals surface area contributed by atoms with Crippen molar-refractivity contribution in [1.82, 2.24) is 5.32 Å². The van der Waals surface area contributed by atoms with Crippen LogP contribution in [0.3, 0.4) is 0 Å². The Hall–Kier alpha value is -2.57. The van der Waals surface area contributed by atoms with Gasteiger partial charge in [-0.15, -0.1) is 0 Å². The highest BCUT2D eigenvalue weighted by Gasteiger charge is 2.23. The van der Waals surface area contributed by atoms with Crippen molar-refractivity contribution >= 4 is 17.8 Å². The Morgan fingerprint density at radius 1 is 1.21 bits per heavy atom. The van der Waals surface area contributed by atoms with Gasteiger partial charge < -0.3 is 20.3 Å². The molecule has 7 nitrogen and oxygen atoms in total. The van der Waals surface area contributed by atoms with Gasteiger partial charge in [-0.05, 0) is 24.3 Å². The molecule has 0 radical (unpaired) electrons. The van der Waals surface area contributed by atoms with Gasteiger partial charge in [0.05, 0.1) is 13.5 Å². The van der Waals surface area contributed by atoms with Crippen LogP contribution in [0.5, 0.6) is 5.75 Å². The van der Waals surface area contributed by atoms with Crippen molar-refractivity contribution in [2.24, 2.45) is 0 Å². The molecule has 102 valence electrons. The second kappa shape index (κ2) is 6.39. The first-order valence-corrected chi connectivity index (χ1v) is 5.33. The molecule has 3 N–H and O–H groups in total. The molecular weight excluding hydrogens is 254 g/mol. The number of rotatable bonds is 6. The Bertz CT molecular complexity index is 481. The third-order valence-electron chi connectivity index (χ3n) is 2.33. The molecule has 0 aliphatic rings. The van der Waals surface area contributed by atoms with Gasteiger partial charge in [-0.1, -0.05) is 0 Å². The summed E-state index contributed by atoms with van der Waals surface area (Å²) in [5.41, 5.74) is 0.220. The number of carbonyl (C=O) groups is 3. The highest BCUT2D eigenvalue weighted by Crippen LogP contribution is 2.11. The molecule has 0 saturated carbocycles. The van der Waals surface area contributed by atoms with E-state index in [4.69, 9.17) is 14.9 Å². The number of hydrogen-bond acceptors (Lipinski definition) is 4. The predicted octanol–water partition coefficient (Wildman–Crippen LogP) is 0.353. The number of nitrogens with one attached hydrogen (secondary N) is 1. The van der Waals surface area contributed by atoms with Gasteiger partial charge in [0, 0.05) is 5.56 Å². The fraction of sp³-hybridized carbons (Fsp3) is 0.250.